The zero-order valence-electron chi connectivity index (χ0n) is 15.9. The van der Waals surface area contributed by atoms with Gasteiger partial charge in [-0.2, -0.15) is 8.42 Å². The van der Waals surface area contributed by atoms with E-state index in [-0.39, 0.29) is 6.04 Å². The van der Waals surface area contributed by atoms with Crippen molar-refractivity contribution in [2.45, 2.75) is 49.1 Å². The van der Waals surface area contributed by atoms with E-state index in [0.717, 1.165) is 43.9 Å². The van der Waals surface area contributed by atoms with E-state index >= 15 is 0 Å². The fraction of sp³-hybridized carbons (Fsp3) is 0.500. The van der Waals surface area contributed by atoms with Crippen LogP contribution in [0.5, 0.6) is 0 Å². The molecule has 0 atom stereocenters. The number of benzene rings is 1. The Morgan fingerprint density at radius 2 is 1.93 bits per heavy atom. The Bertz CT molecular complexity index is 1020. The molecule has 0 spiro atoms. The monoisotopic (exact) mass is 400 g/mol. The number of likely N-dealkylation sites (tertiary alicyclic amines) is 1. The molecule has 1 aromatic carbocycles. The zero-order valence-corrected chi connectivity index (χ0v) is 16.7. The maximum absolute atomic E-state index is 12.3. The Morgan fingerprint density at radius 3 is 2.68 bits per heavy atom. The Hall–Kier alpha value is -2.19. The van der Waals surface area contributed by atoms with Gasteiger partial charge in [-0.15, -0.1) is 4.40 Å². The highest BCUT2D eigenvalue weighted by atomic mass is 32.2. The molecule has 28 heavy (non-hydrogen) atoms. The lowest BCUT2D eigenvalue weighted by molar-refractivity contribution is 0.157. The van der Waals surface area contributed by atoms with Gasteiger partial charge in [0.05, 0.1) is 5.69 Å². The van der Waals surface area contributed by atoms with Gasteiger partial charge in [0, 0.05) is 50.3 Å². The average Bonchev–Trinajstić information content (AvgIpc) is 3.39. The molecule has 1 aliphatic carbocycles. The van der Waals surface area contributed by atoms with E-state index in [1.165, 1.54) is 12.8 Å². The Morgan fingerprint density at radius 1 is 1.18 bits per heavy atom. The Labute approximate surface area is 165 Å². The van der Waals surface area contributed by atoms with Gasteiger partial charge in [-0.25, -0.2) is 0 Å². The number of nitrogens with zero attached hydrogens (tertiary/aromatic N) is 4. The van der Waals surface area contributed by atoms with Crippen molar-refractivity contribution >= 4 is 15.9 Å². The van der Waals surface area contributed by atoms with Crippen LogP contribution in [0.15, 0.2) is 44.1 Å². The predicted octanol–water partition coefficient (Wildman–Crippen LogP) is 2.60. The first-order valence-corrected chi connectivity index (χ1v) is 11.3. The fourth-order valence-corrected chi connectivity index (χ4v) is 5.41. The number of rotatable bonds is 4. The van der Waals surface area contributed by atoms with Crippen molar-refractivity contribution in [2.24, 2.45) is 4.40 Å². The molecular weight excluding hydrogens is 376 g/mol. The molecule has 0 bridgehead atoms. The lowest BCUT2D eigenvalue weighted by atomic mass is 10.0. The second kappa shape index (κ2) is 6.70. The van der Waals surface area contributed by atoms with Crippen LogP contribution in [-0.4, -0.2) is 55.4 Å². The van der Waals surface area contributed by atoms with Gasteiger partial charge in [0.15, 0.2) is 5.84 Å². The predicted molar refractivity (Wildman–Crippen MR) is 105 cm³/mol. The maximum Gasteiger partial charge on any atom is 0.285 e. The van der Waals surface area contributed by atoms with Gasteiger partial charge in [-0.1, -0.05) is 17.3 Å². The Kier molecular flexibility index (Phi) is 4.28. The summed E-state index contributed by atoms with van der Waals surface area (Å²) in [4.78, 5) is 4.74. The second-order valence-corrected chi connectivity index (χ2v) is 9.57. The summed E-state index contributed by atoms with van der Waals surface area (Å²) in [6.45, 7) is 2.70. The molecule has 2 aromatic rings. The van der Waals surface area contributed by atoms with Gasteiger partial charge in [0.25, 0.3) is 10.0 Å². The third-order valence-corrected chi connectivity index (χ3v) is 7.32. The molecule has 8 heteroatoms. The van der Waals surface area contributed by atoms with Crippen molar-refractivity contribution < 1.29 is 12.9 Å². The normalized spacial score (nSPS) is 22.1. The number of hydrogen-bond acceptors (Lipinski definition) is 6. The lowest BCUT2D eigenvalue weighted by Crippen LogP contribution is -2.45. The van der Waals surface area contributed by atoms with E-state index in [1.54, 1.807) is 12.1 Å². The lowest BCUT2D eigenvalue weighted by Gasteiger charge is -2.37. The third-order valence-electron chi connectivity index (χ3n) is 5.99. The van der Waals surface area contributed by atoms with Crippen LogP contribution < -0.4 is 0 Å². The first-order valence-electron chi connectivity index (χ1n) is 9.86. The average molecular weight is 401 g/mol. The molecule has 5 rings (SSSR count). The van der Waals surface area contributed by atoms with Crippen molar-refractivity contribution in [3.05, 3.63) is 47.3 Å². The number of hydrogen-bond donors (Lipinski definition) is 0. The molecule has 0 amide bonds. The van der Waals surface area contributed by atoms with Crippen LogP contribution in [0.25, 0.3) is 0 Å². The minimum absolute atomic E-state index is 0.274. The second-order valence-electron chi connectivity index (χ2n) is 8.00. The topological polar surface area (TPSA) is 79.0 Å². The van der Waals surface area contributed by atoms with Crippen LogP contribution in [0.4, 0.5) is 0 Å². The maximum atomic E-state index is 12.3. The molecule has 3 heterocycles. The van der Waals surface area contributed by atoms with Crippen LogP contribution in [0.3, 0.4) is 0 Å². The summed E-state index contributed by atoms with van der Waals surface area (Å²) in [7, 11) is -1.62. The summed E-state index contributed by atoms with van der Waals surface area (Å²) in [6.07, 6.45) is 4.36. The van der Waals surface area contributed by atoms with Gasteiger partial charge < -0.3 is 9.42 Å². The highest BCUT2D eigenvalue weighted by molar-refractivity contribution is 7.90. The van der Waals surface area contributed by atoms with E-state index in [9.17, 15) is 8.42 Å². The zero-order chi connectivity index (χ0) is 19.3. The van der Waals surface area contributed by atoms with Gasteiger partial charge in [0.2, 0.25) is 0 Å². The van der Waals surface area contributed by atoms with Crippen molar-refractivity contribution in [2.75, 3.05) is 20.1 Å². The fourth-order valence-electron chi connectivity index (χ4n) is 4.17. The van der Waals surface area contributed by atoms with Gasteiger partial charge in [0.1, 0.15) is 10.7 Å². The molecule has 148 valence electrons. The number of aromatic nitrogens is 1. The summed E-state index contributed by atoms with van der Waals surface area (Å²) >= 11 is 0. The number of sulfonamides is 1. The molecule has 0 radical (unpaired) electrons. The largest absolute Gasteiger partial charge is 0.361 e. The van der Waals surface area contributed by atoms with Crippen molar-refractivity contribution in [3.63, 3.8) is 0 Å². The summed E-state index contributed by atoms with van der Waals surface area (Å²) in [6, 6.07) is 9.45. The summed E-state index contributed by atoms with van der Waals surface area (Å²) in [5.74, 6) is 2.19. The number of fused-ring (bicyclic) bond motifs is 1. The Balaban J connectivity index is 1.23. The minimum atomic E-state index is -3.57. The highest BCUT2D eigenvalue weighted by Crippen LogP contribution is 2.40. The van der Waals surface area contributed by atoms with E-state index in [1.807, 2.05) is 24.1 Å². The molecule has 0 unspecified atom stereocenters. The SMILES string of the molecule is CN(C1=NS(=O)(=O)c2ccccc21)C1CCN(Cc2cc(C3CC3)on2)CC1. The first-order chi connectivity index (χ1) is 13.5. The van der Waals surface area contributed by atoms with E-state index in [2.05, 4.69) is 20.5 Å². The molecule has 1 aromatic heterocycles. The van der Waals surface area contributed by atoms with Crippen molar-refractivity contribution in [1.29, 1.82) is 0 Å². The van der Waals surface area contributed by atoms with E-state index < -0.39 is 10.0 Å². The number of piperidine rings is 1. The summed E-state index contributed by atoms with van der Waals surface area (Å²) < 4.78 is 34.2. The molecule has 7 nitrogen and oxygen atoms in total. The van der Waals surface area contributed by atoms with Crippen molar-refractivity contribution in [3.8, 4) is 0 Å². The molecule has 1 saturated heterocycles. The van der Waals surface area contributed by atoms with Crippen LogP contribution in [0.2, 0.25) is 0 Å². The molecule has 3 aliphatic rings. The van der Waals surface area contributed by atoms with Gasteiger partial charge >= 0.3 is 0 Å². The summed E-state index contributed by atoms with van der Waals surface area (Å²) in [5, 5.41) is 4.22. The van der Waals surface area contributed by atoms with Crippen LogP contribution in [0.1, 0.15) is 48.6 Å². The van der Waals surface area contributed by atoms with Gasteiger partial charge in [-0.3, -0.25) is 4.90 Å². The minimum Gasteiger partial charge on any atom is -0.361 e. The third kappa shape index (κ3) is 3.24. The first kappa shape index (κ1) is 17.9. The molecular formula is C20H24N4O3S. The molecule has 1 saturated carbocycles. The van der Waals surface area contributed by atoms with E-state index in [4.69, 9.17) is 4.52 Å². The smallest absolute Gasteiger partial charge is 0.285 e. The molecule has 2 aliphatic heterocycles. The van der Waals surface area contributed by atoms with Crippen LogP contribution >= 0.6 is 0 Å². The van der Waals surface area contributed by atoms with Crippen molar-refractivity contribution in [1.82, 2.24) is 15.0 Å². The van der Waals surface area contributed by atoms with Crippen LogP contribution in [0, 0.1) is 0 Å². The quantitative estimate of drug-likeness (QED) is 0.785. The number of amidine groups is 1. The molecule has 2 fully saturated rings. The van der Waals surface area contributed by atoms with Crippen LogP contribution in [-0.2, 0) is 16.6 Å². The standard InChI is InChI=1S/C20H24N4O3S/c1-23(20-17-4-2-3-5-19(17)28(25,26)22-20)16-8-10-24(11-9-16)13-15-12-18(27-21-15)14-6-7-14/h2-5,12,14,16H,6-11,13H2,1H3. The highest BCUT2D eigenvalue weighted by Gasteiger charge is 2.34. The van der Waals surface area contributed by atoms with Gasteiger partial charge in [-0.05, 0) is 37.8 Å². The molecule has 0 N–H and O–H groups in total. The summed E-state index contributed by atoms with van der Waals surface area (Å²) in [5.41, 5.74) is 1.72. The van der Waals surface area contributed by atoms with E-state index in [0.29, 0.717) is 22.2 Å².